The van der Waals surface area contributed by atoms with Crippen LogP contribution in [0, 0.1) is 6.92 Å². The highest BCUT2D eigenvalue weighted by molar-refractivity contribution is 5.86. The van der Waals surface area contributed by atoms with Crippen molar-refractivity contribution >= 4 is 16.8 Å². The molecule has 3 aromatic rings. The number of pyridine rings is 1. The summed E-state index contributed by atoms with van der Waals surface area (Å²) in [6, 6.07) is 6.84. The molecule has 0 aliphatic rings. The maximum absolute atomic E-state index is 12.4. The lowest BCUT2D eigenvalue weighted by atomic mass is 10.1. The molecule has 142 valence electrons. The quantitative estimate of drug-likeness (QED) is 0.690. The van der Waals surface area contributed by atoms with Gasteiger partial charge in [-0.25, -0.2) is 0 Å². The number of nitrogens with zero attached hydrogens (tertiary/aromatic N) is 3. The summed E-state index contributed by atoms with van der Waals surface area (Å²) in [6.45, 7) is 1.77. The van der Waals surface area contributed by atoms with Crippen LogP contribution in [0.5, 0.6) is 5.75 Å². The summed E-state index contributed by atoms with van der Waals surface area (Å²) in [5, 5.41) is 8.09. The van der Waals surface area contributed by atoms with Crippen LogP contribution < -0.4 is 10.1 Å². The zero-order valence-corrected chi connectivity index (χ0v) is 15.1. The van der Waals surface area contributed by atoms with Gasteiger partial charge in [-0.15, -0.1) is 0 Å². The van der Waals surface area contributed by atoms with E-state index in [0.29, 0.717) is 24.3 Å². The number of alkyl halides is 2. The maximum Gasteiger partial charge on any atom is 0.387 e. The van der Waals surface area contributed by atoms with E-state index in [1.165, 1.54) is 6.07 Å². The van der Waals surface area contributed by atoms with Gasteiger partial charge in [-0.1, -0.05) is 12.1 Å². The minimum Gasteiger partial charge on any atom is -0.435 e. The molecule has 6 nitrogen and oxygen atoms in total. The summed E-state index contributed by atoms with van der Waals surface area (Å²) in [5.74, 6) is 0.0725. The molecule has 0 spiro atoms. The van der Waals surface area contributed by atoms with Gasteiger partial charge in [0.2, 0.25) is 5.91 Å². The van der Waals surface area contributed by atoms with Crippen LogP contribution in [-0.2, 0) is 17.8 Å². The predicted octanol–water partition coefficient (Wildman–Crippen LogP) is 3.07. The van der Waals surface area contributed by atoms with E-state index in [4.69, 9.17) is 0 Å². The molecule has 1 amide bonds. The first kappa shape index (κ1) is 18.8. The Morgan fingerprint density at radius 2 is 2.15 bits per heavy atom. The Morgan fingerprint density at radius 3 is 2.85 bits per heavy atom. The Hall–Kier alpha value is -3.03. The van der Waals surface area contributed by atoms with Gasteiger partial charge in [0.1, 0.15) is 5.75 Å². The van der Waals surface area contributed by atoms with E-state index in [9.17, 15) is 13.6 Å². The Labute approximate surface area is 155 Å². The predicted molar refractivity (Wildman–Crippen MR) is 96.8 cm³/mol. The second-order valence-corrected chi connectivity index (χ2v) is 6.13. The molecule has 0 saturated carbocycles. The molecule has 27 heavy (non-hydrogen) atoms. The van der Waals surface area contributed by atoms with Crippen molar-refractivity contribution < 1.29 is 18.3 Å². The van der Waals surface area contributed by atoms with Crippen molar-refractivity contribution in [1.29, 1.82) is 0 Å². The average molecular weight is 374 g/mol. The van der Waals surface area contributed by atoms with Crippen molar-refractivity contribution in [3.05, 3.63) is 53.5 Å². The van der Waals surface area contributed by atoms with Crippen LogP contribution >= 0.6 is 0 Å². The summed E-state index contributed by atoms with van der Waals surface area (Å²) in [4.78, 5) is 16.2. The first-order chi connectivity index (χ1) is 13.0. The molecule has 0 unspecified atom stereocenters. The van der Waals surface area contributed by atoms with E-state index >= 15 is 0 Å². The van der Waals surface area contributed by atoms with E-state index in [-0.39, 0.29) is 18.1 Å². The average Bonchev–Trinajstić information content (AvgIpc) is 3.01. The van der Waals surface area contributed by atoms with Crippen LogP contribution in [0.3, 0.4) is 0 Å². The largest absolute Gasteiger partial charge is 0.435 e. The number of halogens is 2. The number of hydrogen-bond acceptors (Lipinski definition) is 4. The number of amides is 1. The van der Waals surface area contributed by atoms with Crippen LogP contribution in [0.15, 0.2) is 36.7 Å². The summed E-state index contributed by atoms with van der Waals surface area (Å²) in [7, 11) is 0. The van der Waals surface area contributed by atoms with Crippen molar-refractivity contribution in [2.24, 2.45) is 0 Å². The van der Waals surface area contributed by atoms with Crippen LogP contribution in [0.4, 0.5) is 8.78 Å². The second-order valence-electron chi connectivity index (χ2n) is 6.13. The van der Waals surface area contributed by atoms with Gasteiger partial charge in [-0.05, 0) is 37.1 Å². The number of rotatable bonds is 7. The Balaban J connectivity index is 1.81. The SMILES string of the molecule is CCNC(=O)Cc1nccc2nn(Cc3ccc(OC(F)F)c(C)c3)cc12. The van der Waals surface area contributed by atoms with Crippen LogP contribution in [-0.4, -0.2) is 33.8 Å². The van der Waals surface area contributed by atoms with Crippen LogP contribution in [0.25, 0.3) is 10.9 Å². The molecule has 1 aromatic carbocycles. The molecule has 0 saturated heterocycles. The number of carbonyl (C=O) groups excluding carboxylic acids is 1. The Morgan fingerprint density at radius 1 is 1.33 bits per heavy atom. The topological polar surface area (TPSA) is 69.0 Å². The van der Waals surface area contributed by atoms with Gasteiger partial charge >= 0.3 is 6.61 Å². The normalized spacial score (nSPS) is 11.1. The highest BCUT2D eigenvalue weighted by Gasteiger charge is 2.12. The molecule has 3 rings (SSSR count). The molecule has 2 aromatic heterocycles. The molecular weight excluding hydrogens is 354 g/mol. The van der Waals surface area contributed by atoms with Crippen molar-refractivity contribution in [1.82, 2.24) is 20.1 Å². The lowest BCUT2D eigenvalue weighted by molar-refractivity contribution is -0.120. The molecule has 0 bridgehead atoms. The number of likely N-dealkylation sites (N-methyl/N-ethyl adjacent to an activating group) is 1. The third-order valence-electron chi connectivity index (χ3n) is 4.07. The van der Waals surface area contributed by atoms with Crippen LogP contribution in [0.2, 0.25) is 0 Å². The van der Waals surface area contributed by atoms with E-state index in [1.807, 2.05) is 13.1 Å². The minimum atomic E-state index is -2.85. The molecule has 0 aliphatic heterocycles. The fraction of sp³-hybridized carbons (Fsp3) is 0.316. The van der Waals surface area contributed by atoms with Gasteiger partial charge in [0, 0.05) is 24.3 Å². The Bertz CT molecular complexity index is 956. The number of nitrogens with one attached hydrogen (secondary N) is 1. The number of aryl methyl sites for hydroxylation is 1. The molecule has 0 atom stereocenters. The molecule has 2 heterocycles. The highest BCUT2D eigenvalue weighted by atomic mass is 19.3. The number of carbonyl (C=O) groups is 1. The third kappa shape index (κ3) is 4.58. The number of aromatic nitrogens is 3. The Kier molecular flexibility index (Phi) is 5.63. The standard InChI is InChI=1S/C19H20F2N4O2/c1-3-22-18(26)9-16-14-11-25(24-15(14)6-7-23-16)10-13-4-5-17(12(2)8-13)27-19(20)21/h4-8,11,19H,3,9-10H2,1-2H3,(H,22,26). The summed E-state index contributed by atoms with van der Waals surface area (Å²) < 4.78 is 31.0. The fourth-order valence-corrected chi connectivity index (χ4v) is 2.91. The zero-order chi connectivity index (χ0) is 19.4. The number of benzene rings is 1. The van der Waals surface area contributed by atoms with Gasteiger partial charge in [0.15, 0.2) is 0 Å². The number of ether oxygens (including phenoxy) is 1. The fourth-order valence-electron chi connectivity index (χ4n) is 2.91. The van der Waals surface area contributed by atoms with Gasteiger partial charge in [-0.3, -0.25) is 14.5 Å². The van der Waals surface area contributed by atoms with Gasteiger partial charge in [0.25, 0.3) is 0 Å². The smallest absolute Gasteiger partial charge is 0.387 e. The second kappa shape index (κ2) is 8.11. The van der Waals surface area contributed by atoms with Crippen molar-refractivity contribution in [3.63, 3.8) is 0 Å². The first-order valence-corrected chi connectivity index (χ1v) is 8.58. The van der Waals surface area contributed by atoms with Gasteiger partial charge in [0.05, 0.1) is 24.2 Å². The number of fused-ring (bicyclic) bond motifs is 1. The molecule has 0 aliphatic carbocycles. The molecule has 8 heteroatoms. The lowest BCUT2D eigenvalue weighted by Crippen LogP contribution is -2.24. The van der Waals surface area contributed by atoms with Crippen molar-refractivity contribution in [3.8, 4) is 5.75 Å². The molecule has 0 fully saturated rings. The minimum absolute atomic E-state index is 0.0875. The van der Waals surface area contributed by atoms with Crippen molar-refractivity contribution in [2.45, 2.75) is 33.4 Å². The van der Waals surface area contributed by atoms with E-state index in [2.05, 4.69) is 20.1 Å². The number of hydrogen-bond donors (Lipinski definition) is 1. The van der Waals surface area contributed by atoms with Crippen LogP contribution in [0.1, 0.15) is 23.7 Å². The van der Waals surface area contributed by atoms with Gasteiger partial charge in [-0.2, -0.15) is 13.9 Å². The summed E-state index contributed by atoms with van der Waals surface area (Å²) in [5.41, 5.74) is 2.95. The van der Waals surface area contributed by atoms with Crippen molar-refractivity contribution in [2.75, 3.05) is 6.54 Å². The highest BCUT2D eigenvalue weighted by Crippen LogP contribution is 2.22. The molecule has 0 radical (unpaired) electrons. The summed E-state index contributed by atoms with van der Waals surface area (Å²) in [6.07, 6.45) is 3.67. The summed E-state index contributed by atoms with van der Waals surface area (Å²) >= 11 is 0. The first-order valence-electron chi connectivity index (χ1n) is 8.58. The van der Waals surface area contributed by atoms with E-state index in [1.54, 1.807) is 36.0 Å². The van der Waals surface area contributed by atoms with E-state index < -0.39 is 6.61 Å². The third-order valence-corrected chi connectivity index (χ3v) is 4.07. The lowest BCUT2D eigenvalue weighted by Gasteiger charge is -2.09. The maximum atomic E-state index is 12.4. The zero-order valence-electron chi connectivity index (χ0n) is 15.1. The molecule has 1 N–H and O–H groups in total. The van der Waals surface area contributed by atoms with Gasteiger partial charge < -0.3 is 10.1 Å². The monoisotopic (exact) mass is 374 g/mol. The van der Waals surface area contributed by atoms with E-state index in [0.717, 1.165) is 16.5 Å². The molecular formula is C19H20F2N4O2.